The number of hydrogen-bond acceptors (Lipinski definition) is 5. The van der Waals surface area contributed by atoms with E-state index in [9.17, 15) is 5.11 Å². The van der Waals surface area contributed by atoms with Crippen LogP contribution in [0.2, 0.25) is 0 Å². The van der Waals surface area contributed by atoms with Crippen molar-refractivity contribution in [1.82, 2.24) is 9.55 Å². The van der Waals surface area contributed by atoms with E-state index in [-0.39, 0.29) is 18.2 Å². The lowest BCUT2D eigenvalue weighted by atomic mass is 10.1. The summed E-state index contributed by atoms with van der Waals surface area (Å²) in [4.78, 5) is 4.92. The molecule has 4 aromatic carbocycles. The average Bonchev–Trinajstić information content (AvgIpc) is 2.88. The highest BCUT2D eigenvalue weighted by Gasteiger charge is 2.17. The first-order valence-electron chi connectivity index (χ1n) is 11.7. The SMILES string of the molecule is Cc1cc2nc3cc(C)c(=N)cc-3n(-c3ccccc3)c2cc1N=Nc1c(O)ccc2ccccc12.Cl. The van der Waals surface area contributed by atoms with Gasteiger partial charge < -0.3 is 15.1 Å². The summed E-state index contributed by atoms with van der Waals surface area (Å²) >= 11 is 0. The second-order valence-electron chi connectivity index (χ2n) is 8.92. The van der Waals surface area contributed by atoms with Crippen LogP contribution in [0.3, 0.4) is 0 Å². The molecule has 182 valence electrons. The molecule has 2 N–H and O–H groups in total. The molecule has 0 bridgehead atoms. The zero-order valence-electron chi connectivity index (χ0n) is 20.3. The van der Waals surface area contributed by atoms with E-state index in [4.69, 9.17) is 10.4 Å². The van der Waals surface area contributed by atoms with Gasteiger partial charge >= 0.3 is 0 Å². The molecule has 4 aromatic rings. The number of aryl methyl sites for hydroxylation is 2. The monoisotopic (exact) mass is 505 g/mol. The second-order valence-corrected chi connectivity index (χ2v) is 8.92. The Bertz CT molecular complexity index is 1840. The summed E-state index contributed by atoms with van der Waals surface area (Å²) in [7, 11) is 0. The molecule has 0 amide bonds. The van der Waals surface area contributed by atoms with Gasteiger partial charge in [0, 0.05) is 11.1 Å². The number of rotatable bonds is 3. The van der Waals surface area contributed by atoms with Gasteiger partial charge in [0.25, 0.3) is 0 Å². The van der Waals surface area contributed by atoms with E-state index >= 15 is 0 Å². The molecule has 6 nitrogen and oxygen atoms in total. The average molecular weight is 506 g/mol. The van der Waals surface area contributed by atoms with Gasteiger partial charge in [-0.3, -0.25) is 0 Å². The fraction of sp³-hybridized carbons (Fsp3) is 0.0667. The first-order valence-corrected chi connectivity index (χ1v) is 11.7. The van der Waals surface area contributed by atoms with E-state index in [1.807, 2.05) is 98.8 Å². The third kappa shape index (κ3) is 4.21. The highest BCUT2D eigenvalue weighted by atomic mass is 35.5. The molecule has 1 aliphatic heterocycles. The van der Waals surface area contributed by atoms with Crippen LogP contribution in [-0.4, -0.2) is 14.7 Å². The minimum atomic E-state index is 0. The van der Waals surface area contributed by atoms with Crippen molar-refractivity contribution < 1.29 is 5.11 Å². The number of azo groups is 1. The van der Waals surface area contributed by atoms with Crippen molar-refractivity contribution in [2.45, 2.75) is 13.8 Å². The van der Waals surface area contributed by atoms with Gasteiger partial charge in [-0.15, -0.1) is 17.5 Å². The Hall–Kier alpha value is -4.55. The lowest BCUT2D eigenvalue weighted by Crippen LogP contribution is -2.12. The van der Waals surface area contributed by atoms with Gasteiger partial charge in [-0.25, -0.2) is 4.98 Å². The lowest BCUT2D eigenvalue weighted by molar-refractivity contribution is 0.477. The highest BCUT2D eigenvalue weighted by molar-refractivity contribution is 5.95. The molecule has 0 saturated heterocycles. The Balaban J connectivity index is 0.00000280. The van der Waals surface area contributed by atoms with Crippen molar-refractivity contribution in [2.75, 3.05) is 0 Å². The van der Waals surface area contributed by atoms with Crippen molar-refractivity contribution in [3.8, 4) is 22.8 Å². The number of nitrogens with one attached hydrogen (secondary N) is 1. The molecule has 1 heterocycles. The number of aromatic hydroxyl groups is 1. The maximum atomic E-state index is 10.5. The quantitative estimate of drug-likeness (QED) is 0.189. The topological polar surface area (TPSA) is 86.6 Å². The molecule has 0 radical (unpaired) electrons. The number of phenols is 1. The van der Waals surface area contributed by atoms with E-state index in [0.29, 0.717) is 16.7 Å². The molecule has 0 fully saturated rings. The van der Waals surface area contributed by atoms with Crippen LogP contribution in [0.1, 0.15) is 11.1 Å². The van der Waals surface area contributed by atoms with Gasteiger partial charge in [0.1, 0.15) is 11.4 Å². The number of para-hydroxylation sites is 1. The van der Waals surface area contributed by atoms with Gasteiger partial charge in [0.05, 0.1) is 33.5 Å². The van der Waals surface area contributed by atoms with Crippen molar-refractivity contribution in [3.05, 3.63) is 107 Å². The molecule has 0 atom stereocenters. The Morgan fingerprint density at radius 3 is 2.38 bits per heavy atom. The third-order valence-corrected chi connectivity index (χ3v) is 6.49. The van der Waals surface area contributed by atoms with Crippen LogP contribution in [-0.2, 0) is 0 Å². The first kappa shape index (κ1) is 24.2. The van der Waals surface area contributed by atoms with Crippen molar-refractivity contribution >= 4 is 45.6 Å². The van der Waals surface area contributed by atoms with E-state index in [1.54, 1.807) is 6.07 Å². The summed E-state index contributed by atoms with van der Waals surface area (Å²) in [6.45, 7) is 3.91. The van der Waals surface area contributed by atoms with Crippen molar-refractivity contribution in [3.63, 3.8) is 0 Å². The predicted molar refractivity (Wildman–Crippen MR) is 150 cm³/mol. The highest BCUT2D eigenvalue weighted by Crippen LogP contribution is 2.37. The summed E-state index contributed by atoms with van der Waals surface area (Å²) in [6, 6.07) is 29.1. The minimum Gasteiger partial charge on any atom is -0.506 e. The number of phenolic OH excluding ortho intramolecular Hbond substituents is 1. The van der Waals surface area contributed by atoms with Crippen LogP contribution in [0.15, 0.2) is 101 Å². The maximum Gasteiger partial charge on any atom is 0.143 e. The van der Waals surface area contributed by atoms with Crippen molar-refractivity contribution in [2.24, 2.45) is 10.2 Å². The van der Waals surface area contributed by atoms with Gasteiger partial charge in [0.15, 0.2) is 0 Å². The number of fused-ring (bicyclic) bond motifs is 3. The number of aromatic nitrogens is 2. The molecule has 6 rings (SSSR count). The minimum absolute atomic E-state index is 0. The molecule has 0 saturated carbocycles. The van der Waals surface area contributed by atoms with Crippen LogP contribution in [0.5, 0.6) is 5.75 Å². The lowest BCUT2D eigenvalue weighted by Gasteiger charge is -2.20. The van der Waals surface area contributed by atoms with Crippen LogP contribution in [0, 0.1) is 19.3 Å². The number of benzene rings is 5. The van der Waals surface area contributed by atoms with Gasteiger partial charge in [-0.05, 0) is 72.8 Å². The molecular weight excluding hydrogens is 482 g/mol. The van der Waals surface area contributed by atoms with Gasteiger partial charge in [-0.1, -0.05) is 48.5 Å². The molecule has 2 aliphatic rings. The predicted octanol–water partition coefficient (Wildman–Crippen LogP) is 7.92. The molecular formula is C30H24ClN5O. The molecule has 0 spiro atoms. The van der Waals surface area contributed by atoms with Crippen LogP contribution < -0.4 is 5.36 Å². The summed E-state index contributed by atoms with van der Waals surface area (Å²) in [5.74, 6) is 0.0845. The smallest absolute Gasteiger partial charge is 0.143 e. The fourth-order valence-electron chi connectivity index (χ4n) is 4.56. The summed E-state index contributed by atoms with van der Waals surface area (Å²) in [5, 5.41) is 30.2. The van der Waals surface area contributed by atoms with Crippen LogP contribution in [0.4, 0.5) is 11.4 Å². The molecule has 7 heteroatoms. The summed E-state index contributed by atoms with van der Waals surface area (Å²) in [6.07, 6.45) is 0. The Kier molecular flexibility index (Phi) is 6.19. The fourth-order valence-corrected chi connectivity index (χ4v) is 4.56. The largest absolute Gasteiger partial charge is 0.506 e. The van der Waals surface area contributed by atoms with E-state index < -0.39 is 0 Å². The normalized spacial score (nSPS) is 11.4. The number of nitrogens with zero attached hydrogens (tertiary/aromatic N) is 4. The van der Waals surface area contributed by atoms with Gasteiger partial charge in [0.2, 0.25) is 0 Å². The Morgan fingerprint density at radius 1 is 0.811 bits per heavy atom. The summed E-state index contributed by atoms with van der Waals surface area (Å²) < 4.78 is 2.11. The third-order valence-electron chi connectivity index (χ3n) is 6.49. The zero-order chi connectivity index (χ0) is 24.8. The second kappa shape index (κ2) is 9.48. The molecule has 0 aromatic heterocycles. The van der Waals surface area contributed by atoms with Crippen LogP contribution in [0.25, 0.3) is 38.9 Å². The van der Waals surface area contributed by atoms with Gasteiger partial charge in [-0.2, -0.15) is 5.11 Å². The van der Waals surface area contributed by atoms with E-state index in [0.717, 1.165) is 50.0 Å². The Morgan fingerprint density at radius 2 is 1.57 bits per heavy atom. The van der Waals surface area contributed by atoms with E-state index in [1.165, 1.54) is 0 Å². The Labute approximate surface area is 219 Å². The van der Waals surface area contributed by atoms with E-state index in [2.05, 4.69) is 14.8 Å². The van der Waals surface area contributed by atoms with Crippen LogP contribution >= 0.6 is 12.4 Å². The molecule has 0 unspecified atom stereocenters. The molecule has 1 aliphatic carbocycles. The number of hydrogen-bond donors (Lipinski definition) is 2. The standard InChI is InChI=1S/C30H23N5O.ClH/c1-18-14-25-27(16-23(18)31)35(21-9-4-3-5-10-21)28-17-24(19(2)15-26(28)32-25)33-34-30-22-11-7-6-8-20(22)12-13-29(30)36;/h3-17,31,36H,1-2H3;1H. The van der Waals surface area contributed by atoms with Crippen molar-refractivity contribution in [1.29, 1.82) is 5.41 Å². The summed E-state index contributed by atoms with van der Waals surface area (Å²) in [5.41, 5.74) is 7.26. The first-order chi connectivity index (χ1) is 17.5. The zero-order valence-corrected chi connectivity index (χ0v) is 21.1. The maximum absolute atomic E-state index is 10.5. The number of halogens is 1. The molecule has 37 heavy (non-hydrogen) atoms.